The van der Waals surface area contributed by atoms with Crippen molar-refractivity contribution in [3.8, 4) is 0 Å². The highest BCUT2D eigenvalue weighted by Crippen LogP contribution is 2.54. The van der Waals surface area contributed by atoms with Gasteiger partial charge in [0.1, 0.15) is 6.10 Å². The van der Waals surface area contributed by atoms with Gasteiger partial charge in [-0.2, -0.15) is 0 Å². The predicted octanol–water partition coefficient (Wildman–Crippen LogP) is 4.64. The summed E-state index contributed by atoms with van der Waals surface area (Å²) in [5.41, 5.74) is 0. The number of carbonyl (C=O) groups is 1. The van der Waals surface area contributed by atoms with E-state index in [4.69, 9.17) is 4.74 Å². The second-order valence-electron chi connectivity index (χ2n) is 9.61. The van der Waals surface area contributed by atoms with Crippen LogP contribution in [0.15, 0.2) is 0 Å². The average molecular weight is 348 g/mol. The van der Waals surface area contributed by atoms with Gasteiger partial charge in [0.15, 0.2) is 0 Å². The molecular formula is C22H37NO2. The van der Waals surface area contributed by atoms with Crippen LogP contribution in [0, 0.1) is 29.6 Å². The van der Waals surface area contributed by atoms with E-state index in [1.54, 1.807) is 0 Å². The zero-order valence-electron chi connectivity index (χ0n) is 16.5. The van der Waals surface area contributed by atoms with Crippen molar-refractivity contribution < 1.29 is 9.53 Å². The quantitative estimate of drug-likeness (QED) is 0.696. The number of hydrogen-bond acceptors (Lipinski definition) is 3. The highest BCUT2D eigenvalue weighted by Gasteiger charge is 2.54. The molecule has 0 unspecified atom stereocenters. The van der Waals surface area contributed by atoms with Crippen molar-refractivity contribution in [2.75, 3.05) is 7.05 Å². The highest BCUT2D eigenvalue weighted by atomic mass is 16.6. The zero-order chi connectivity index (χ0) is 17.6. The number of carbonyl (C=O) groups excluding carboxylic acids is 1. The maximum atomic E-state index is 12.4. The Hall–Kier alpha value is -0.570. The van der Waals surface area contributed by atoms with Crippen molar-refractivity contribution in [1.82, 2.24) is 4.90 Å². The van der Waals surface area contributed by atoms with Gasteiger partial charge in [-0.3, -0.25) is 4.79 Å². The monoisotopic (exact) mass is 347 g/mol. The summed E-state index contributed by atoms with van der Waals surface area (Å²) in [6, 6.07) is 1.48. The van der Waals surface area contributed by atoms with Crippen LogP contribution in [-0.2, 0) is 9.53 Å². The van der Waals surface area contributed by atoms with Crippen LogP contribution < -0.4 is 0 Å². The molecule has 4 fully saturated rings. The highest BCUT2D eigenvalue weighted by molar-refractivity contribution is 5.75. The lowest BCUT2D eigenvalue weighted by molar-refractivity contribution is -0.144. The Balaban J connectivity index is 1.49. The number of likely N-dealkylation sites (tertiary alicyclic amines) is 1. The summed E-state index contributed by atoms with van der Waals surface area (Å²) in [5.74, 6) is 3.20. The van der Waals surface area contributed by atoms with Crippen molar-refractivity contribution in [2.24, 2.45) is 29.6 Å². The van der Waals surface area contributed by atoms with Gasteiger partial charge in [-0.1, -0.05) is 25.7 Å². The van der Waals surface area contributed by atoms with E-state index in [0.29, 0.717) is 5.92 Å². The summed E-state index contributed by atoms with van der Waals surface area (Å²) < 4.78 is 5.73. The van der Waals surface area contributed by atoms with Gasteiger partial charge >= 0.3 is 5.97 Å². The summed E-state index contributed by atoms with van der Waals surface area (Å²) in [5, 5.41) is 0. The molecule has 0 spiro atoms. The lowest BCUT2D eigenvalue weighted by Crippen LogP contribution is -2.46. The number of esters is 1. The van der Waals surface area contributed by atoms with Crippen LogP contribution in [0.25, 0.3) is 0 Å². The SMILES string of the molecule is C[C@@H]1OC(=O)[C@H]2C[C@H]3CCCC[C@@H]3[C@@H](CC[C@@H]3CCC[C@H](C)N3C)[C@@H]12. The molecule has 2 saturated heterocycles. The van der Waals surface area contributed by atoms with Gasteiger partial charge in [0, 0.05) is 18.0 Å². The minimum Gasteiger partial charge on any atom is -0.462 e. The summed E-state index contributed by atoms with van der Waals surface area (Å²) in [4.78, 5) is 15.0. The van der Waals surface area contributed by atoms with Crippen molar-refractivity contribution in [2.45, 2.75) is 96.2 Å². The summed E-state index contributed by atoms with van der Waals surface area (Å²) >= 11 is 0. The molecule has 0 aromatic rings. The van der Waals surface area contributed by atoms with Crippen LogP contribution >= 0.6 is 0 Å². The van der Waals surface area contributed by atoms with Crippen LogP contribution in [0.5, 0.6) is 0 Å². The number of fused-ring (bicyclic) bond motifs is 2. The molecular weight excluding hydrogens is 310 g/mol. The van der Waals surface area contributed by atoms with E-state index in [-0.39, 0.29) is 18.0 Å². The maximum absolute atomic E-state index is 12.4. The molecule has 0 N–H and O–H groups in total. The Morgan fingerprint density at radius 2 is 1.84 bits per heavy atom. The molecule has 142 valence electrons. The molecule has 2 saturated carbocycles. The number of rotatable bonds is 3. The van der Waals surface area contributed by atoms with E-state index in [2.05, 4.69) is 25.8 Å². The number of ether oxygens (including phenoxy) is 1. The number of cyclic esters (lactones) is 1. The van der Waals surface area contributed by atoms with Gasteiger partial charge in [-0.15, -0.1) is 0 Å². The third-order valence-electron chi connectivity index (χ3n) is 8.44. The van der Waals surface area contributed by atoms with Gasteiger partial charge in [0.25, 0.3) is 0 Å². The van der Waals surface area contributed by atoms with E-state index >= 15 is 0 Å². The van der Waals surface area contributed by atoms with E-state index in [0.717, 1.165) is 36.3 Å². The van der Waals surface area contributed by atoms with E-state index < -0.39 is 0 Å². The maximum Gasteiger partial charge on any atom is 0.309 e. The average Bonchev–Trinajstić information content (AvgIpc) is 2.89. The molecule has 4 rings (SSSR count). The zero-order valence-corrected chi connectivity index (χ0v) is 16.5. The predicted molar refractivity (Wildman–Crippen MR) is 100 cm³/mol. The molecule has 0 bridgehead atoms. The van der Waals surface area contributed by atoms with Crippen LogP contribution in [0.1, 0.15) is 78.1 Å². The van der Waals surface area contributed by atoms with E-state index in [9.17, 15) is 4.79 Å². The molecule has 2 heterocycles. The molecule has 3 heteroatoms. The van der Waals surface area contributed by atoms with Gasteiger partial charge < -0.3 is 9.64 Å². The van der Waals surface area contributed by atoms with Crippen molar-refractivity contribution in [3.63, 3.8) is 0 Å². The molecule has 25 heavy (non-hydrogen) atoms. The molecule has 2 aliphatic heterocycles. The summed E-state index contributed by atoms with van der Waals surface area (Å²) in [6.07, 6.45) is 13.5. The topological polar surface area (TPSA) is 29.5 Å². The summed E-state index contributed by atoms with van der Waals surface area (Å²) in [6.45, 7) is 4.54. The van der Waals surface area contributed by atoms with Crippen LogP contribution in [0.2, 0.25) is 0 Å². The Morgan fingerprint density at radius 3 is 2.68 bits per heavy atom. The third-order valence-corrected chi connectivity index (χ3v) is 8.44. The molecule has 3 nitrogen and oxygen atoms in total. The Morgan fingerprint density at radius 1 is 1.04 bits per heavy atom. The molecule has 0 aromatic carbocycles. The number of hydrogen-bond donors (Lipinski definition) is 0. The van der Waals surface area contributed by atoms with Crippen molar-refractivity contribution >= 4 is 5.97 Å². The minimum atomic E-state index is 0.120. The van der Waals surface area contributed by atoms with Crippen LogP contribution in [0.4, 0.5) is 0 Å². The fraction of sp³-hybridized carbons (Fsp3) is 0.955. The Labute approximate surface area is 153 Å². The van der Waals surface area contributed by atoms with Crippen LogP contribution in [-0.4, -0.2) is 36.1 Å². The minimum absolute atomic E-state index is 0.120. The second kappa shape index (κ2) is 7.21. The molecule has 0 amide bonds. The fourth-order valence-corrected chi connectivity index (χ4v) is 6.99. The first-order chi connectivity index (χ1) is 12.1. The normalized spacial score (nSPS) is 47.9. The summed E-state index contributed by atoms with van der Waals surface area (Å²) in [7, 11) is 2.33. The van der Waals surface area contributed by atoms with Gasteiger partial charge in [0.2, 0.25) is 0 Å². The molecule has 8 atom stereocenters. The molecule has 0 radical (unpaired) electrons. The number of nitrogens with zero attached hydrogens (tertiary/aromatic N) is 1. The van der Waals surface area contributed by atoms with Gasteiger partial charge in [0.05, 0.1) is 5.92 Å². The largest absolute Gasteiger partial charge is 0.462 e. The molecule has 2 aliphatic carbocycles. The Bertz CT molecular complexity index is 492. The fourth-order valence-electron chi connectivity index (χ4n) is 6.99. The van der Waals surface area contributed by atoms with E-state index in [1.807, 2.05) is 0 Å². The van der Waals surface area contributed by atoms with Gasteiger partial charge in [-0.25, -0.2) is 0 Å². The van der Waals surface area contributed by atoms with Crippen molar-refractivity contribution in [1.29, 1.82) is 0 Å². The molecule has 0 aromatic heterocycles. The van der Waals surface area contributed by atoms with Gasteiger partial charge in [-0.05, 0) is 77.2 Å². The lowest BCUT2D eigenvalue weighted by atomic mass is 9.56. The number of piperidine rings is 1. The van der Waals surface area contributed by atoms with Crippen molar-refractivity contribution in [3.05, 3.63) is 0 Å². The Kier molecular flexibility index (Phi) is 5.14. The standard InChI is InChI=1S/C22H37NO2/c1-14-7-6-9-17(23(14)3)11-12-19-18-10-5-4-8-16(18)13-20-21(19)15(2)25-22(20)24/h14-21H,4-13H2,1-3H3/t14-,15-,16+,17-,18-,19+,20-,21+/m0/s1. The van der Waals surface area contributed by atoms with Crippen LogP contribution in [0.3, 0.4) is 0 Å². The second-order valence-corrected chi connectivity index (χ2v) is 9.61. The first-order valence-corrected chi connectivity index (χ1v) is 11.0. The van der Waals surface area contributed by atoms with E-state index in [1.165, 1.54) is 57.8 Å². The molecule has 4 aliphatic rings. The smallest absolute Gasteiger partial charge is 0.309 e. The third kappa shape index (κ3) is 3.26. The lowest BCUT2D eigenvalue weighted by Gasteiger charge is -2.48. The first kappa shape index (κ1) is 17.8. The first-order valence-electron chi connectivity index (χ1n) is 11.0.